The SMILES string of the molecule is CCC(CC)CC(O)C1(C)CCCCO1. The van der Waals surface area contributed by atoms with Crippen LogP contribution < -0.4 is 0 Å². The molecule has 2 heteroatoms. The zero-order valence-corrected chi connectivity index (χ0v) is 10.5. The highest BCUT2D eigenvalue weighted by Gasteiger charge is 2.36. The van der Waals surface area contributed by atoms with Crippen LogP contribution in [-0.4, -0.2) is 23.4 Å². The molecule has 1 N–H and O–H groups in total. The lowest BCUT2D eigenvalue weighted by Gasteiger charge is -2.39. The molecule has 2 unspecified atom stereocenters. The van der Waals surface area contributed by atoms with E-state index in [2.05, 4.69) is 20.8 Å². The fourth-order valence-electron chi connectivity index (χ4n) is 2.41. The standard InChI is InChI=1S/C13H26O2/c1-4-11(5-2)10-12(14)13(3)8-6-7-9-15-13/h11-12,14H,4-10H2,1-3H3. The quantitative estimate of drug-likeness (QED) is 0.762. The van der Waals surface area contributed by atoms with E-state index >= 15 is 0 Å². The normalized spacial score (nSPS) is 29.4. The van der Waals surface area contributed by atoms with Gasteiger partial charge in [0.25, 0.3) is 0 Å². The minimum absolute atomic E-state index is 0.277. The highest BCUT2D eigenvalue weighted by molar-refractivity contribution is 4.87. The van der Waals surface area contributed by atoms with Gasteiger partial charge in [-0.2, -0.15) is 0 Å². The molecule has 15 heavy (non-hydrogen) atoms. The maximum atomic E-state index is 10.2. The van der Waals surface area contributed by atoms with Crippen molar-refractivity contribution in [2.45, 2.75) is 71.0 Å². The molecule has 0 amide bonds. The Morgan fingerprint density at radius 2 is 1.93 bits per heavy atom. The molecule has 1 heterocycles. The Balaban J connectivity index is 2.46. The Hall–Kier alpha value is -0.0800. The van der Waals surface area contributed by atoms with Crippen LogP contribution in [0.5, 0.6) is 0 Å². The van der Waals surface area contributed by atoms with Gasteiger partial charge in [0.15, 0.2) is 0 Å². The Morgan fingerprint density at radius 1 is 1.27 bits per heavy atom. The maximum Gasteiger partial charge on any atom is 0.0912 e. The van der Waals surface area contributed by atoms with Crippen molar-refractivity contribution in [3.05, 3.63) is 0 Å². The second kappa shape index (κ2) is 5.86. The summed E-state index contributed by atoms with van der Waals surface area (Å²) in [6.07, 6.45) is 6.26. The van der Waals surface area contributed by atoms with Gasteiger partial charge in [-0.15, -0.1) is 0 Å². The topological polar surface area (TPSA) is 29.5 Å². The van der Waals surface area contributed by atoms with Crippen LogP contribution in [0.2, 0.25) is 0 Å². The Labute approximate surface area is 94.0 Å². The van der Waals surface area contributed by atoms with E-state index < -0.39 is 0 Å². The molecule has 0 aromatic carbocycles. The van der Waals surface area contributed by atoms with E-state index in [1.807, 2.05) is 0 Å². The number of ether oxygens (including phenoxy) is 1. The molecule has 1 aliphatic heterocycles. The Morgan fingerprint density at radius 3 is 2.40 bits per heavy atom. The number of rotatable bonds is 5. The summed E-state index contributed by atoms with van der Waals surface area (Å²) in [5, 5.41) is 10.2. The van der Waals surface area contributed by atoms with Crippen LogP contribution in [0.4, 0.5) is 0 Å². The van der Waals surface area contributed by atoms with Crippen LogP contribution in [0.25, 0.3) is 0 Å². The second-order valence-corrected chi connectivity index (χ2v) is 5.05. The van der Waals surface area contributed by atoms with Gasteiger partial charge in [0.2, 0.25) is 0 Å². The van der Waals surface area contributed by atoms with Crippen molar-refractivity contribution in [3.63, 3.8) is 0 Å². The van der Waals surface area contributed by atoms with Gasteiger partial charge in [-0.25, -0.2) is 0 Å². The van der Waals surface area contributed by atoms with E-state index in [0.717, 1.165) is 38.7 Å². The van der Waals surface area contributed by atoms with Crippen LogP contribution in [0.3, 0.4) is 0 Å². The van der Waals surface area contributed by atoms with Crippen LogP contribution in [0, 0.1) is 5.92 Å². The molecule has 0 aromatic heterocycles. The van der Waals surface area contributed by atoms with Crippen molar-refractivity contribution < 1.29 is 9.84 Å². The summed E-state index contributed by atoms with van der Waals surface area (Å²) in [5.74, 6) is 0.641. The molecule has 0 bridgehead atoms. The van der Waals surface area contributed by atoms with E-state index in [4.69, 9.17) is 4.74 Å². The fourth-order valence-corrected chi connectivity index (χ4v) is 2.41. The first kappa shape index (κ1) is 13.0. The van der Waals surface area contributed by atoms with E-state index in [1.54, 1.807) is 0 Å². The maximum absolute atomic E-state index is 10.2. The number of hydrogen-bond acceptors (Lipinski definition) is 2. The summed E-state index contributed by atoms with van der Waals surface area (Å²) in [4.78, 5) is 0. The van der Waals surface area contributed by atoms with Gasteiger partial charge in [0.1, 0.15) is 0 Å². The summed E-state index contributed by atoms with van der Waals surface area (Å²) in [6, 6.07) is 0. The zero-order valence-electron chi connectivity index (χ0n) is 10.5. The van der Waals surface area contributed by atoms with Crippen molar-refractivity contribution in [1.29, 1.82) is 0 Å². The average Bonchev–Trinajstić information content (AvgIpc) is 2.26. The van der Waals surface area contributed by atoms with Crippen molar-refractivity contribution in [3.8, 4) is 0 Å². The smallest absolute Gasteiger partial charge is 0.0912 e. The largest absolute Gasteiger partial charge is 0.390 e. The third-order valence-electron chi connectivity index (χ3n) is 3.92. The van der Waals surface area contributed by atoms with E-state index in [-0.39, 0.29) is 11.7 Å². The fraction of sp³-hybridized carbons (Fsp3) is 1.00. The van der Waals surface area contributed by atoms with Crippen molar-refractivity contribution in [1.82, 2.24) is 0 Å². The highest BCUT2D eigenvalue weighted by Crippen LogP contribution is 2.31. The zero-order chi connectivity index (χ0) is 11.3. The molecule has 1 aliphatic rings. The molecule has 1 fully saturated rings. The summed E-state index contributed by atoms with van der Waals surface area (Å²) in [6.45, 7) is 7.28. The summed E-state index contributed by atoms with van der Waals surface area (Å²) >= 11 is 0. The summed E-state index contributed by atoms with van der Waals surface area (Å²) in [5.41, 5.74) is -0.277. The van der Waals surface area contributed by atoms with Gasteiger partial charge in [-0.05, 0) is 38.5 Å². The van der Waals surface area contributed by atoms with E-state index in [1.165, 1.54) is 6.42 Å². The monoisotopic (exact) mass is 214 g/mol. The minimum atomic E-state index is -0.289. The van der Waals surface area contributed by atoms with E-state index in [0.29, 0.717) is 5.92 Å². The molecular formula is C13H26O2. The third kappa shape index (κ3) is 3.46. The second-order valence-electron chi connectivity index (χ2n) is 5.05. The number of aliphatic hydroxyl groups is 1. The van der Waals surface area contributed by atoms with Crippen LogP contribution in [0.1, 0.15) is 59.3 Å². The van der Waals surface area contributed by atoms with Crippen molar-refractivity contribution in [2.75, 3.05) is 6.61 Å². The molecule has 1 saturated heterocycles. The highest BCUT2D eigenvalue weighted by atomic mass is 16.5. The Bertz CT molecular complexity index is 169. The van der Waals surface area contributed by atoms with Gasteiger partial charge < -0.3 is 9.84 Å². The Kier molecular flexibility index (Phi) is 5.07. The molecule has 1 rings (SSSR count). The van der Waals surface area contributed by atoms with Gasteiger partial charge >= 0.3 is 0 Å². The first-order valence-electron chi connectivity index (χ1n) is 6.44. The van der Waals surface area contributed by atoms with Crippen LogP contribution >= 0.6 is 0 Å². The van der Waals surface area contributed by atoms with Gasteiger partial charge in [-0.3, -0.25) is 0 Å². The third-order valence-corrected chi connectivity index (χ3v) is 3.92. The van der Waals surface area contributed by atoms with Gasteiger partial charge in [-0.1, -0.05) is 26.7 Å². The summed E-state index contributed by atoms with van der Waals surface area (Å²) < 4.78 is 5.77. The van der Waals surface area contributed by atoms with Crippen LogP contribution in [0.15, 0.2) is 0 Å². The molecule has 0 saturated carbocycles. The lowest BCUT2D eigenvalue weighted by atomic mass is 9.83. The minimum Gasteiger partial charge on any atom is -0.390 e. The lowest BCUT2D eigenvalue weighted by Crippen LogP contribution is -2.45. The molecular weight excluding hydrogens is 188 g/mol. The van der Waals surface area contributed by atoms with Crippen LogP contribution in [-0.2, 0) is 4.74 Å². The van der Waals surface area contributed by atoms with Crippen molar-refractivity contribution in [2.24, 2.45) is 5.92 Å². The van der Waals surface area contributed by atoms with Gasteiger partial charge in [0, 0.05) is 6.61 Å². The first-order valence-corrected chi connectivity index (χ1v) is 6.44. The predicted octanol–water partition coefficient (Wildman–Crippen LogP) is 3.13. The summed E-state index contributed by atoms with van der Waals surface area (Å²) in [7, 11) is 0. The molecule has 0 spiro atoms. The van der Waals surface area contributed by atoms with Crippen molar-refractivity contribution >= 4 is 0 Å². The number of aliphatic hydroxyl groups excluding tert-OH is 1. The number of hydrogen-bond donors (Lipinski definition) is 1. The molecule has 2 nitrogen and oxygen atoms in total. The molecule has 2 atom stereocenters. The molecule has 0 radical (unpaired) electrons. The molecule has 90 valence electrons. The predicted molar refractivity (Wildman–Crippen MR) is 62.9 cm³/mol. The first-order chi connectivity index (χ1) is 7.12. The average molecular weight is 214 g/mol. The van der Waals surface area contributed by atoms with E-state index in [9.17, 15) is 5.11 Å². The molecule has 0 aliphatic carbocycles. The molecule has 0 aromatic rings. The lowest BCUT2D eigenvalue weighted by molar-refractivity contribution is -0.141. The van der Waals surface area contributed by atoms with Gasteiger partial charge in [0.05, 0.1) is 11.7 Å².